The van der Waals surface area contributed by atoms with E-state index in [4.69, 9.17) is 4.74 Å². The van der Waals surface area contributed by atoms with E-state index in [-0.39, 0.29) is 24.5 Å². The maximum Gasteiger partial charge on any atom is 0.329 e. The Morgan fingerprint density at radius 1 is 1.09 bits per heavy atom. The molecule has 3 atom stereocenters. The molecule has 2 amide bonds. The second kappa shape index (κ2) is 10.7. The summed E-state index contributed by atoms with van der Waals surface area (Å²) >= 11 is 0. The van der Waals surface area contributed by atoms with Crippen LogP contribution in [0.15, 0.2) is 54.7 Å². The number of rotatable bonds is 7. The third kappa shape index (κ3) is 6.07. The number of fused-ring (bicyclic) bond motifs is 1. The van der Waals surface area contributed by atoms with Crippen molar-refractivity contribution < 1.29 is 23.5 Å². The molecule has 3 aromatic rings. The van der Waals surface area contributed by atoms with Gasteiger partial charge >= 0.3 is 5.97 Å². The number of nitrogens with one attached hydrogen (secondary N) is 2. The van der Waals surface area contributed by atoms with Gasteiger partial charge in [0.1, 0.15) is 11.9 Å². The molecule has 0 bridgehead atoms. The molecule has 1 aliphatic heterocycles. The minimum atomic E-state index is -1.03. The maximum absolute atomic E-state index is 13.3. The summed E-state index contributed by atoms with van der Waals surface area (Å²) in [5.41, 5.74) is 1.95. The Hall–Kier alpha value is -3.68. The summed E-state index contributed by atoms with van der Waals surface area (Å²) in [5.74, 6) is -1.15. The monoisotopic (exact) mass is 479 g/mol. The van der Waals surface area contributed by atoms with Crippen LogP contribution in [0, 0.1) is 17.7 Å². The Bertz CT molecular complexity index is 1200. The number of ether oxygens (including phenoxy) is 1. The van der Waals surface area contributed by atoms with E-state index >= 15 is 0 Å². The molecule has 184 valence electrons. The summed E-state index contributed by atoms with van der Waals surface area (Å²) in [6.07, 6.45) is 3.02. The summed E-state index contributed by atoms with van der Waals surface area (Å²) in [6, 6.07) is 11.7. The van der Waals surface area contributed by atoms with Crippen molar-refractivity contribution in [2.75, 3.05) is 19.7 Å². The van der Waals surface area contributed by atoms with Crippen LogP contribution in [-0.4, -0.2) is 53.4 Å². The zero-order valence-corrected chi connectivity index (χ0v) is 19.9. The number of halogens is 1. The van der Waals surface area contributed by atoms with Crippen molar-refractivity contribution >= 4 is 28.7 Å². The molecule has 8 heteroatoms. The van der Waals surface area contributed by atoms with Crippen LogP contribution in [0.4, 0.5) is 4.39 Å². The number of hydrogen-bond acceptors (Lipinski definition) is 4. The number of hydrogen-bond donors (Lipinski definition) is 2. The van der Waals surface area contributed by atoms with E-state index < -0.39 is 23.7 Å². The fourth-order valence-electron chi connectivity index (χ4n) is 4.75. The predicted molar refractivity (Wildman–Crippen MR) is 130 cm³/mol. The van der Waals surface area contributed by atoms with E-state index in [9.17, 15) is 18.8 Å². The van der Waals surface area contributed by atoms with Gasteiger partial charge in [0.15, 0.2) is 6.61 Å². The number of carbonyl (C=O) groups excluding carboxylic acids is 3. The molecule has 0 aliphatic carbocycles. The van der Waals surface area contributed by atoms with Crippen molar-refractivity contribution in [2.24, 2.45) is 11.8 Å². The van der Waals surface area contributed by atoms with Gasteiger partial charge in [-0.05, 0) is 54.2 Å². The van der Waals surface area contributed by atoms with E-state index in [1.807, 2.05) is 24.3 Å². The molecular formula is C27H30FN3O4. The summed E-state index contributed by atoms with van der Waals surface area (Å²) in [5, 5.41) is 3.62. The highest BCUT2D eigenvalue weighted by molar-refractivity contribution is 5.97. The van der Waals surface area contributed by atoms with E-state index in [1.54, 1.807) is 11.1 Å². The van der Waals surface area contributed by atoms with Crippen LogP contribution in [0.2, 0.25) is 0 Å². The van der Waals surface area contributed by atoms with Gasteiger partial charge < -0.3 is 19.9 Å². The quantitative estimate of drug-likeness (QED) is 0.506. The minimum Gasteiger partial charge on any atom is -0.454 e. The first-order valence-electron chi connectivity index (χ1n) is 11.9. The molecule has 0 saturated carbocycles. The fraction of sp³-hybridized carbons (Fsp3) is 0.370. The van der Waals surface area contributed by atoms with Gasteiger partial charge in [0.25, 0.3) is 11.8 Å². The van der Waals surface area contributed by atoms with Gasteiger partial charge in [0.2, 0.25) is 0 Å². The lowest BCUT2D eigenvalue weighted by molar-refractivity contribution is -0.154. The second-order valence-corrected chi connectivity index (χ2v) is 9.45. The van der Waals surface area contributed by atoms with E-state index in [0.29, 0.717) is 24.9 Å². The third-order valence-electron chi connectivity index (χ3n) is 6.35. The lowest BCUT2D eigenvalue weighted by Gasteiger charge is -2.34. The van der Waals surface area contributed by atoms with Crippen LogP contribution < -0.4 is 5.32 Å². The highest BCUT2D eigenvalue weighted by atomic mass is 19.1. The molecule has 2 heterocycles. The van der Waals surface area contributed by atoms with Crippen molar-refractivity contribution in [2.45, 2.75) is 32.7 Å². The highest BCUT2D eigenvalue weighted by Gasteiger charge is 2.29. The molecule has 1 aromatic heterocycles. The smallest absolute Gasteiger partial charge is 0.329 e. The van der Waals surface area contributed by atoms with Crippen LogP contribution in [0.5, 0.6) is 0 Å². The van der Waals surface area contributed by atoms with Gasteiger partial charge in [-0.2, -0.15) is 0 Å². The second-order valence-electron chi connectivity index (χ2n) is 9.45. The number of esters is 1. The Morgan fingerprint density at radius 3 is 2.49 bits per heavy atom. The van der Waals surface area contributed by atoms with Crippen molar-refractivity contribution in [3.05, 3.63) is 71.7 Å². The van der Waals surface area contributed by atoms with Crippen LogP contribution >= 0.6 is 0 Å². The average Bonchev–Trinajstić information content (AvgIpc) is 3.24. The molecule has 35 heavy (non-hydrogen) atoms. The van der Waals surface area contributed by atoms with E-state index in [0.717, 1.165) is 22.9 Å². The number of nitrogens with zero attached hydrogens (tertiary/aromatic N) is 1. The van der Waals surface area contributed by atoms with Crippen LogP contribution in [0.25, 0.3) is 10.9 Å². The van der Waals surface area contributed by atoms with Crippen LogP contribution in [0.1, 0.15) is 36.2 Å². The first kappa shape index (κ1) is 24.4. The SMILES string of the molecule is CC1CC(C)CN(C(=O)COC(=O)C(Cc2c[nH]c3ccccc23)NC(=O)c2ccc(F)cc2)C1. The van der Waals surface area contributed by atoms with E-state index in [1.165, 1.54) is 24.3 Å². The fourth-order valence-corrected chi connectivity index (χ4v) is 4.75. The number of aromatic amines is 1. The largest absolute Gasteiger partial charge is 0.454 e. The minimum absolute atomic E-state index is 0.168. The maximum atomic E-state index is 13.3. The lowest BCUT2D eigenvalue weighted by Crippen LogP contribution is -2.47. The van der Waals surface area contributed by atoms with Gasteiger partial charge in [-0.25, -0.2) is 9.18 Å². The molecule has 4 rings (SSSR count). The summed E-state index contributed by atoms with van der Waals surface area (Å²) in [6.45, 7) is 5.10. The average molecular weight is 480 g/mol. The van der Waals surface area contributed by atoms with Crippen molar-refractivity contribution in [1.29, 1.82) is 0 Å². The Morgan fingerprint density at radius 2 is 1.77 bits per heavy atom. The van der Waals surface area contributed by atoms with Gasteiger partial charge in [-0.3, -0.25) is 9.59 Å². The predicted octanol–water partition coefficient (Wildman–Crippen LogP) is 3.70. The van der Waals surface area contributed by atoms with Gasteiger partial charge in [-0.1, -0.05) is 32.0 Å². The van der Waals surface area contributed by atoms with Crippen molar-refractivity contribution in [3.8, 4) is 0 Å². The number of amides is 2. The molecular weight excluding hydrogens is 449 g/mol. The number of likely N-dealkylation sites (tertiary alicyclic amines) is 1. The topological polar surface area (TPSA) is 91.5 Å². The molecule has 2 N–H and O–H groups in total. The zero-order valence-electron chi connectivity index (χ0n) is 19.9. The highest BCUT2D eigenvalue weighted by Crippen LogP contribution is 2.22. The molecule has 7 nitrogen and oxygen atoms in total. The summed E-state index contributed by atoms with van der Waals surface area (Å²) in [7, 11) is 0. The van der Waals surface area contributed by atoms with Gasteiger partial charge in [-0.15, -0.1) is 0 Å². The van der Waals surface area contributed by atoms with Crippen LogP contribution in [0.3, 0.4) is 0 Å². The third-order valence-corrected chi connectivity index (χ3v) is 6.35. The van der Waals surface area contributed by atoms with Gasteiger partial charge in [0.05, 0.1) is 0 Å². The Kier molecular flexibility index (Phi) is 7.48. The van der Waals surface area contributed by atoms with Crippen molar-refractivity contribution in [3.63, 3.8) is 0 Å². The number of piperidine rings is 1. The normalized spacial score (nSPS) is 18.8. The van der Waals surface area contributed by atoms with Crippen LogP contribution in [-0.2, 0) is 20.7 Å². The standard InChI is InChI=1S/C27H30FN3O4/c1-17-11-18(2)15-31(14-17)25(32)16-35-27(34)24(30-26(33)19-7-9-21(28)10-8-19)12-20-13-29-23-6-4-3-5-22(20)23/h3-10,13,17-18,24,29H,11-12,14-16H2,1-2H3,(H,30,33). The molecule has 0 radical (unpaired) electrons. The Labute approximate surface area is 203 Å². The Balaban J connectivity index is 1.47. The zero-order chi connectivity index (χ0) is 24.9. The van der Waals surface area contributed by atoms with E-state index in [2.05, 4.69) is 24.1 Å². The number of para-hydroxylation sites is 1. The first-order chi connectivity index (χ1) is 16.8. The van der Waals surface area contributed by atoms with Gasteiger partial charge in [0, 0.05) is 42.2 Å². The lowest BCUT2D eigenvalue weighted by atomic mass is 9.92. The molecule has 2 aromatic carbocycles. The first-order valence-corrected chi connectivity index (χ1v) is 11.9. The number of H-pyrrole nitrogens is 1. The molecule has 1 fully saturated rings. The molecule has 1 aliphatic rings. The molecule has 3 unspecified atom stereocenters. The number of aromatic nitrogens is 1. The molecule has 1 saturated heterocycles. The number of carbonyl (C=O) groups is 3. The summed E-state index contributed by atoms with van der Waals surface area (Å²) < 4.78 is 18.7. The molecule has 0 spiro atoms. The number of benzene rings is 2. The summed E-state index contributed by atoms with van der Waals surface area (Å²) in [4.78, 5) is 43.5. The van der Waals surface area contributed by atoms with Crippen molar-refractivity contribution in [1.82, 2.24) is 15.2 Å².